The summed E-state index contributed by atoms with van der Waals surface area (Å²) >= 11 is 0. The number of carbonyl (C=O) groups is 1. The van der Waals surface area contributed by atoms with Gasteiger partial charge in [-0.15, -0.1) is 0 Å². The van der Waals surface area contributed by atoms with Crippen molar-refractivity contribution in [1.82, 2.24) is 0 Å². The van der Waals surface area contributed by atoms with Crippen molar-refractivity contribution in [1.29, 1.82) is 0 Å². The summed E-state index contributed by atoms with van der Waals surface area (Å²) < 4.78 is 12.2. The first-order valence-electron chi connectivity index (χ1n) is 9.14. The Morgan fingerprint density at radius 1 is 1.08 bits per heavy atom. The van der Waals surface area contributed by atoms with Crippen LogP contribution in [-0.2, 0) is 0 Å². The molecule has 0 amide bonds. The van der Waals surface area contributed by atoms with E-state index in [0.717, 1.165) is 16.9 Å². The first kappa shape index (κ1) is 19.4. The highest BCUT2D eigenvalue weighted by Crippen LogP contribution is 2.37. The molecule has 0 bridgehead atoms. The maximum Gasteiger partial charge on any atom is 0.183 e. The molecule has 3 rings (SSSR count). The van der Waals surface area contributed by atoms with Crippen LogP contribution < -0.4 is 4.94 Å². The van der Waals surface area contributed by atoms with Crippen LogP contribution in [0.1, 0.15) is 68.8 Å². The highest BCUT2D eigenvalue weighted by Gasteiger charge is 2.25. The second-order valence-electron chi connectivity index (χ2n) is 8.05. The topological polar surface area (TPSA) is 26.3 Å². The number of fused-ring (bicyclic) bond motifs is 1. The summed E-state index contributed by atoms with van der Waals surface area (Å²) in [5, 5.41) is 1.64. The van der Waals surface area contributed by atoms with E-state index < -0.39 is 0 Å². The second-order valence-corrected chi connectivity index (χ2v) is 8.05. The van der Waals surface area contributed by atoms with Crippen LogP contribution >= 0.6 is 0 Å². The van der Waals surface area contributed by atoms with Crippen molar-refractivity contribution in [2.24, 2.45) is 11.3 Å². The molecule has 1 saturated carbocycles. The van der Waals surface area contributed by atoms with Gasteiger partial charge in [0, 0.05) is 4.53 Å². The van der Waals surface area contributed by atoms with E-state index >= 15 is 0 Å². The van der Waals surface area contributed by atoms with Gasteiger partial charge in [-0.05, 0) is 53.5 Å². The van der Waals surface area contributed by atoms with E-state index in [9.17, 15) is 9.32 Å². The molecular formula is C22H29FO2. The molecule has 1 aliphatic carbocycles. The quantitative estimate of drug-likeness (QED) is 0.558. The van der Waals surface area contributed by atoms with Crippen LogP contribution in [0.15, 0.2) is 30.3 Å². The van der Waals surface area contributed by atoms with Gasteiger partial charge in [0.1, 0.15) is 0 Å². The van der Waals surface area contributed by atoms with Crippen molar-refractivity contribution in [2.45, 2.75) is 59.8 Å². The van der Waals surface area contributed by atoms with Gasteiger partial charge in [-0.2, -0.15) is 0 Å². The van der Waals surface area contributed by atoms with E-state index in [4.69, 9.17) is 0 Å². The number of aryl methyl sites for hydroxylation is 1. The van der Waals surface area contributed by atoms with Gasteiger partial charge in [-0.25, -0.2) is 0 Å². The molecule has 0 heterocycles. The van der Waals surface area contributed by atoms with Crippen LogP contribution in [0.5, 0.6) is 5.75 Å². The minimum absolute atomic E-state index is 0.0267. The Hall–Kier alpha value is -1.90. The summed E-state index contributed by atoms with van der Waals surface area (Å²) in [7, 11) is 0. The lowest BCUT2D eigenvalue weighted by Crippen LogP contribution is -2.22. The molecule has 2 aromatic carbocycles. The van der Waals surface area contributed by atoms with Crippen LogP contribution in [0, 0.1) is 18.3 Å². The van der Waals surface area contributed by atoms with Gasteiger partial charge in [0.2, 0.25) is 0 Å². The molecule has 3 heteroatoms. The van der Waals surface area contributed by atoms with Crippen LogP contribution in [0.25, 0.3) is 10.8 Å². The molecule has 0 aliphatic heterocycles. The third-order valence-corrected chi connectivity index (χ3v) is 5.29. The molecular weight excluding hydrogens is 315 g/mol. The average Bonchev–Trinajstić information content (AvgIpc) is 2.62. The second kappa shape index (κ2) is 8.46. The highest BCUT2D eigenvalue weighted by atomic mass is 19.3. The molecule has 0 spiro atoms. The van der Waals surface area contributed by atoms with Crippen molar-refractivity contribution in [3.05, 3.63) is 41.5 Å². The molecule has 0 radical (unpaired) electrons. The first-order valence-corrected chi connectivity index (χ1v) is 9.14. The van der Waals surface area contributed by atoms with Gasteiger partial charge in [0.15, 0.2) is 12.0 Å². The molecule has 25 heavy (non-hydrogen) atoms. The summed E-state index contributed by atoms with van der Waals surface area (Å²) in [4.78, 5) is 14.6. The smallest absolute Gasteiger partial charge is 0.183 e. The van der Waals surface area contributed by atoms with Gasteiger partial charge in [-0.1, -0.05) is 64.3 Å². The monoisotopic (exact) mass is 344 g/mol. The van der Waals surface area contributed by atoms with E-state index in [-0.39, 0.29) is 11.3 Å². The fourth-order valence-corrected chi connectivity index (χ4v) is 3.70. The zero-order valence-electron chi connectivity index (χ0n) is 15.8. The first-order chi connectivity index (χ1) is 11.9. The van der Waals surface area contributed by atoms with Gasteiger partial charge in [-0.3, -0.25) is 9.74 Å². The fraction of sp³-hybridized carbons (Fsp3) is 0.500. The Labute approximate surface area is 150 Å². The Morgan fingerprint density at radius 2 is 1.68 bits per heavy atom. The minimum atomic E-state index is -0.0267. The van der Waals surface area contributed by atoms with Crippen molar-refractivity contribution >= 4 is 17.1 Å². The predicted molar refractivity (Wildman–Crippen MR) is 102 cm³/mol. The summed E-state index contributed by atoms with van der Waals surface area (Å²) in [5.41, 5.74) is 1.70. The molecule has 1 fully saturated rings. The number of halogens is 1. The molecule has 2 aromatic rings. The molecule has 136 valence electrons. The lowest BCUT2D eigenvalue weighted by atomic mass is 9.72. The van der Waals surface area contributed by atoms with Crippen LogP contribution in [0.4, 0.5) is 4.53 Å². The third kappa shape index (κ3) is 4.81. The van der Waals surface area contributed by atoms with E-state index in [0.29, 0.717) is 17.1 Å². The molecule has 0 aromatic heterocycles. The largest absolute Gasteiger partial charge is 0.298 e. The van der Waals surface area contributed by atoms with Gasteiger partial charge >= 0.3 is 0 Å². The standard InChI is InChI=1S/C12H9FO2.C10H20/c1-8-6-12(15-13)11(7-14)10-5-3-2-4-9(8)10;1-10(2,3)9-7-5-4-6-8-9/h2-7H,1H3;9H,4-8H2,1-3H3. The number of aldehydes is 1. The minimum Gasteiger partial charge on any atom is -0.298 e. The predicted octanol–water partition coefficient (Wildman–Crippen LogP) is 6.84. The molecule has 0 N–H and O–H groups in total. The van der Waals surface area contributed by atoms with Gasteiger partial charge in [0.05, 0.1) is 5.56 Å². The van der Waals surface area contributed by atoms with Crippen LogP contribution in [0.2, 0.25) is 0 Å². The molecule has 0 unspecified atom stereocenters. The van der Waals surface area contributed by atoms with E-state index in [2.05, 4.69) is 25.7 Å². The van der Waals surface area contributed by atoms with E-state index in [1.165, 1.54) is 38.2 Å². The van der Waals surface area contributed by atoms with Crippen molar-refractivity contribution < 1.29 is 14.3 Å². The summed E-state index contributed by atoms with van der Waals surface area (Å²) in [6, 6.07) is 8.86. The maximum absolute atomic E-state index is 12.2. The number of carbonyl (C=O) groups excluding carboxylic acids is 1. The maximum atomic E-state index is 12.2. The van der Waals surface area contributed by atoms with E-state index in [1.807, 2.05) is 19.1 Å². The molecule has 1 aliphatic rings. The number of hydrogen-bond donors (Lipinski definition) is 0. The van der Waals surface area contributed by atoms with Crippen LogP contribution in [0.3, 0.4) is 0 Å². The molecule has 2 nitrogen and oxygen atoms in total. The van der Waals surface area contributed by atoms with Crippen molar-refractivity contribution in [2.75, 3.05) is 0 Å². The number of benzene rings is 2. The molecule has 0 atom stereocenters. The Kier molecular flexibility index (Phi) is 6.57. The Balaban J connectivity index is 0.000000196. The van der Waals surface area contributed by atoms with Crippen molar-refractivity contribution in [3.63, 3.8) is 0 Å². The SMILES string of the molecule is CC(C)(C)C1CCCCC1.Cc1cc(OF)c(C=O)c2ccccc12. The third-order valence-electron chi connectivity index (χ3n) is 5.29. The van der Waals surface area contributed by atoms with Gasteiger partial charge < -0.3 is 0 Å². The zero-order chi connectivity index (χ0) is 18.4. The molecule has 0 saturated heterocycles. The summed E-state index contributed by atoms with van der Waals surface area (Å²) in [6.07, 6.45) is 7.99. The average molecular weight is 344 g/mol. The lowest BCUT2D eigenvalue weighted by Gasteiger charge is -2.33. The number of hydrogen-bond acceptors (Lipinski definition) is 2. The summed E-state index contributed by atoms with van der Waals surface area (Å²) in [6.45, 7) is 8.98. The van der Waals surface area contributed by atoms with Crippen molar-refractivity contribution in [3.8, 4) is 5.75 Å². The highest BCUT2D eigenvalue weighted by molar-refractivity contribution is 6.02. The van der Waals surface area contributed by atoms with Gasteiger partial charge in [0.25, 0.3) is 0 Å². The summed E-state index contributed by atoms with van der Waals surface area (Å²) in [5.74, 6) is 0.974. The Morgan fingerprint density at radius 3 is 2.16 bits per heavy atom. The number of rotatable bonds is 2. The lowest BCUT2D eigenvalue weighted by molar-refractivity contribution is -0.00670. The Bertz CT molecular complexity index is 710. The normalized spacial score (nSPS) is 15.4. The fourth-order valence-electron chi connectivity index (χ4n) is 3.70. The van der Waals surface area contributed by atoms with E-state index in [1.54, 1.807) is 12.1 Å². The van der Waals surface area contributed by atoms with Crippen LogP contribution in [-0.4, -0.2) is 6.29 Å². The zero-order valence-corrected chi connectivity index (χ0v) is 15.8.